The molecule has 0 bridgehead atoms. The van der Waals surface area contributed by atoms with Crippen molar-refractivity contribution in [2.75, 3.05) is 10.6 Å². The normalized spacial score (nSPS) is 10.6. The Labute approximate surface area is 185 Å². The van der Waals surface area contributed by atoms with Crippen LogP contribution in [0.4, 0.5) is 20.2 Å². The molecule has 33 heavy (non-hydrogen) atoms. The van der Waals surface area contributed by atoms with Crippen molar-refractivity contribution in [1.29, 1.82) is 0 Å². The number of halogens is 2. The van der Waals surface area contributed by atoms with Crippen LogP contribution in [0.1, 0.15) is 10.4 Å². The Morgan fingerprint density at radius 1 is 0.879 bits per heavy atom. The summed E-state index contributed by atoms with van der Waals surface area (Å²) in [6, 6.07) is 16.7. The molecule has 166 valence electrons. The number of carbonyl (C=O) groups is 2. The Kier molecular flexibility index (Phi) is 6.07. The molecule has 0 aliphatic carbocycles. The topological polar surface area (TPSA) is 106 Å². The van der Waals surface area contributed by atoms with Gasteiger partial charge in [0, 0.05) is 11.3 Å². The Morgan fingerprint density at radius 3 is 2.21 bits per heavy atom. The van der Waals surface area contributed by atoms with E-state index >= 15 is 0 Å². The first-order valence-electron chi connectivity index (χ1n) is 9.69. The first kappa shape index (κ1) is 21.6. The number of carbonyl (C=O) groups excluding carboxylic acids is 2. The molecule has 0 aliphatic rings. The maximum absolute atomic E-state index is 13.1. The highest BCUT2D eigenvalue weighted by atomic mass is 19.1. The molecule has 0 fully saturated rings. The molecule has 4 aromatic rings. The van der Waals surface area contributed by atoms with Gasteiger partial charge in [0.25, 0.3) is 5.91 Å². The maximum atomic E-state index is 13.1. The van der Waals surface area contributed by atoms with Crippen LogP contribution in [0, 0.1) is 11.6 Å². The van der Waals surface area contributed by atoms with Crippen LogP contribution in [-0.4, -0.2) is 21.6 Å². The Balaban J connectivity index is 1.47. The zero-order chi connectivity index (χ0) is 23.4. The Bertz CT molecular complexity index is 1360. The molecule has 0 atom stereocenters. The summed E-state index contributed by atoms with van der Waals surface area (Å²) in [6.07, 6.45) is 0. The van der Waals surface area contributed by atoms with Crippen LogP contribution in [0.5, 0.6) is 0 Å². The number of benzene rings is 3. The van der Waals surface area contributed by atoms with Crippen molar-refractivity contribution in [1.82, 2.24) is 9.78 Å². The number of nitrogens with zero attached hydrogens (tertiary/aromatic N) is 2. The van der Waals surface area contributed by atoms with Gasteiger partial charge in [0.05, 0.1) is 11.3 Å². The quantitative estimate of drug-likeness (QED) is 0.466. The van der Waals surface area contributed by atoms with Gasteiger partial charge in [-0.15, -0.1) is 5.10 Å². The van der Waals surface area contributed by atoms with E-state index in [2.05, 4.69) is 15.7 Å². The third-order valence-corrected chi connectivity index (χ3v) is 4.54. The van der Waals surface area contributed by atoms with Crippen LogP contribution in [0.2, 0.25) is 0 Å². The van der Waals surface area contributed by atoms with Gasteiger partial charge in [-0.05, 0) is 60.7 Å². The van der Waals surface area contributed by atoms with E-state index in [0.717, 1.165) is 4.68 Å². The van der Waals surface area contributed by atoms with Gasteiger partial charge < -0.3 is 15.1 Å². The fourth-order valence-corrected chi connectivity index (χ4v) is 2.96. The van der Waals surface area contributed by atoms with Gasteiger partial charge in [-0.25, -0.2) is 13.6 Å². The first-order chi connectivity index (χ1) is 15.9. The Hall–Kier alpha value is -4.60. The van der Waals surface area contributed by atoms with Crippen LogP contribution >= 0.6 is 0 Å². The van der Waals surface area contributed by atoms with E-state index in [1.165, 1.54) is 60.7 Å². The minimum Gasteiger partial charge on any atom is -0.388 e. The fourth-order valence-electron chi connectivity index (χ4n) is 2.96. The standard InChI is InChI=1S/C23H16F2N4O4/c24-15-7-5-14(6-8-15)22-28-29(23(32)33-22)13-20(30)27-19-4-2-1-3-18(19)21(31)26-17-11-9-16(25)10-12-17/h1-12H,13H2,(H,26,31)(H,27,30). The van der Waals surface area contributed by atoms with E-state index in [1.807, 2.05) is 0 Å². The number of nitrogens with one attached hydrogen (secondary N) is 2. The monoisotopic (exact) mass is 450 g/mol. The van der Waals surface area contributed by atoms with Crippen LogP contribution in [0.25, 0.3) is 11.5 Å². The highest BCUT2D eigenvalue weighted by molar-refractivity contribution is 6.10. The molecule has 2 N–H and O–H groups in total. The molecule has 0 aliphatic heterocycles. The number of hydrogen-bond acceptors (Lipinski definition) is 5. The zero-order valence-electron chi connectivity index (χ0n) is 16.9. The van der Waals surface area contributed by atoms with Crippen molar-refractivity contribution in [2.24, 2.45) is 0 Å². The summed E-state index contributed by atoms with van der Waals surface area (Å²) in [7, 11) is 0. The Morgan fingerprint density at radius 2 is 1.52 bits per heavy atom. The molecule has 0 saturated carbocycles. The average Bonchev–Trinajstić information content (AvgIpc) is 3.16. The predicted molar refractivity (Wildman–Crippen MR) is 116 cm³/mol. The third kappa shape index (κ3) is 5.18. The molecular formula is C23H16F2N4O4. The highest BCUT2D eigenvalue weighted by Crippen LogP contribution is 2.19. The summed E-state index contributed by atoms with van der Waals surface area (Å²) in [6.45, 7) is -0.475. The molecule has 2 amide bonds. The van der Waals surface area contributed by atoms with Crippen molar-refractivity contribution in [2.45, 2.75) is 6.54 Å². The molecule has 0 saturated heterocycles. The van der Waals surface area contributed by atoms with Crippen LogP contribution in [0.15, 0.2) is 82.0 Å². The van der Waals surface area contributed by atoms with Crippen molar-refractivity contribution in [3.8, 4) is 11.5 Å². The van der Waals surface area contributed by atoms with Gasteiger partial charge in [-0.3, -0.25) is 9.59 Å². The SMILES string of the molecule is O=C(Cn1nc(-c2ccc(F)cc2)oc1=O)Nc1ccccc1C(=O)Nc1ccc(F)cc1. The van der Waals surface area contributed by atoms with E-state index in [9.17, 15) is 23.2 Å². The van der Waals surface area contributed by atoms with Gasteiger partial charge in [0.1, 0.15) is 18.2 Å². The molecule has 0 unspecified atom stereocenters. The third-order valence-electron chi connectivity index (χ3n) is 4.54. The van der Waals surface area contributed by atoms with Crippen molar-refractivity contribution in [3.05, 3.63) is 101 Å². The van der Waals surface area contributed by atoms with E-state index < -0.39 is 35.7 Å². The average molecular weight is 450 g/mol. The summed E-state index contributed by atoms with van der Waals surface area (Å²) in [5, 5.41) is 9.14. The van der Waals surface area contributed by atoms with Gasteiger partial charge in [-0.1, -0.05) is 12.1 Å². The molecule has 0 radical (unpaired) electrons. The van der Waals surface area contributed by atoms with Gasteiger partial charge in [0.2, 0.25) is 11.8 Å². The maximum Gasteiger partial charge on any atom is 0.437 e. The summed E-state index contributed by atoms with van der Waals surface area (Å²) in [4.78, 5) is 37.2. The van der Waals surface area contributed by atoms with E-state index in [-0.39, 0.29) is 17.1 Å². The van der Waals surface area contributed by atoms with Gasteiger partial charge in [0.15, 0.2) is 0 Å². The zero-order valence-corrected chi connectivity index (χ0v) is 16.9. The number of para-hydroxylation sites is 1. The van der Waals surface area contributed by atoms with E-state index in [0.29, 0.717) is 11.3 Å². The lowest BCUT2D eigenvalue weighted by Crippen LogP contribution is -2.27. The lowest BCUT2D eigenvalue weighted by atomic mass is 10.1. The van der Waals surface area contributed by atoms with E-state index in [1.54, 1.807) is 12.1 Å². The van der Waals surface area contributed by atoms with Gasteiger partial charge in [-0.2, -0.15) is 4.68 Å². The molecule has 1 heterocycles. The molecule has 8 nitrogen and oxygen atoms in total. The number of rotatable bonds is 6. The minimum absolute atomic E-state index is 0.0631. The molecule has 4 rings (SSSR count). The van der Waals surface area contributed by atoms with Crippen molar-refractivity contribution in [3.63, 3.8) is 0 Å². The second-order valence-electron chi connectivity index (χ2n) is 6.89. The van der Waals surface area contributed by atoms with Crippen molar-refractivity contribution < 1.29 is 22.8 Å². The van der Waals surface area contributed by atoms with Crippen LogP contribution < -0.4 is 16.4 Å². The summed E-state index contributed by atoms with van der Waals surface area (Å²) in [5.41, 5.74) is 1.12. The fraction of sp³-hybridized carbons (Fsp3) is 0.0435. The second-order valence-corrected chi connectivity index (χ2v) is 6.89. The lowest BCUT2D eigenvalue weighted by molar-refractivity contribution is -0.117. The van der Waals surface area contributed by atoms with Gasteiger partial charge >= 0.3 is 5.76 Å². The second kappa shape index (κ2) is 9.27. The van der Waals surface area contributed by atoms with E-state index in [4.69, 9.17) is 4.42 Å². The molecular weight excluding hydrogens is 434 g/mol. The number of anilines is 2. The number of aromatic nitrogens is 2. The summed E-state index contributed by atoms with van der Waals surface area (Å²) < 4.78 is 32.0. The van der Waals surface area contributed by atoms with Crippen molar-refractivity contribution >= 4 is 23.2 Å². The predicted octanol–water partition coefficient (Wildman–Crippen LogP) is 3.67. The molecule has 10 heteroatoms. The van der Waals surface area contributed by atoms with Crippen LogP contribution in [-0.2, 0) is 11.3 Å². The first-order valence-corrected chi connectivity index (χ1v) is 9.69. The number of amides is 2. The number of hydrogen-bond donors (Lipinski definition) is 2. The highest BCUT2D eigenvalue weighted by Gasteiger charge is 2.17. The molecule has 0 spiro atoms. The largest absolute Gasteiger partial charge is 0.437 e. The smallest absolute Gasteiger partial charge is 0.388 e. The summed E-state index contributed by atoms with van der Waals surface area (Å²) >= 11 is 0. The van der Waals surface area contributed by atoms with Crippen LogP contribution in [0.3, 0.4) is 0 Å². The molecule has 3 aromatic carbocycles. The summed E-state index contributed by atoms with van der Waals surface area (Å²) in [5.74, 6) is -2.97. The lowest BCUT2D eigenvalue weighted by Gasteiger charge is -2.11. The molecule has 1 aromatic heterocycles. The minimum atomic E-state index is -0.869.